The molecule has 0 amide bonds. The highest BCUT2D eigenvalue weighted by molar-refractivity contribution is 9.09. The molecule has 106 valence electrons. The molecule has 3 atom stereocenters. The zero-order chi connectivity index (χ0) is 13.0. The van der Waals surface area contributed by atoms with Gasteiger partial charge in [0.2, 0.25) is 0 Å². The van der Waals surface area contributed by atoms with Crippen LogP contribution in [0.25, 0.3) is 0 Å². The second kappa shape index (κ2) is 6.74. The van der Waals surface area contributed by atoms with E-state index in [1.54, 1.807) is 0 Å². The lowest BCUT2D eigenvalue weighted by atomic mass is 9.72. The van der Waals surface area contributed by atoms with Crippen molar-refractivity contribution in [3.63, 3.8) is 0 Å². The van der Waals surface area contributed by atoms with E-state index < -0.39 is 0 Å². The van der Waals surface area contributed by atoms with Crippen LogP contribution in [0.4, 0.5) is 0 Å². The normalized spacial score (nSPS) is 33.8. The zero-order valence-electron chi connectivity index (χ0n) is 12.1. The van der Waals surface area contributed by atoms with Crippen LogP contribution in [-0.4, -0.2) is 18.0 Å². The molecule has 2 fully saturated rings. The first-order valence-corrected chi connectivity index (χ1v) is 9.05. The Morgan fingerprint density at radius 2 is 2.11 bits per heavy atom. The monoisotopic (exact) mass is 316 g/mol. The molecule has 1 saturated carbocycles. The molecule has 2 heteroatoms. The first-order valence-electron chi connectivity index (χ1n) is 7.93. The first-order chi connectivity index (χ1) is 8.75. The summed E-state index contributed by atoms with van der Waals surface area (Å²) in [6, 6.07) is 0. The third-order valence-corrected chi connectivity index (χ3v) is 6.17. The average molecular weight is 317 g/mol. The Morgan fingerprint density at radius 1 is 1.33 bits per heavy atom. The van der Waals surface area contributed by atoms with Crippen molar-refractivity contribution in [2.24, 2.45) is 17.3 Å². The fourth-order valence-corrected chi connectivity index (χ4v) is 4.51. The Kier molecular flexibility index (Phi) is 5.56. The van der Waals surface area contributed by atoms with Crippen molar-refractivity contribution in [1.82, 2.24) is 0 Å². The molecule has 0 radical (unpaired) electrons. The molecule has 0 aromatic heterocycles. The number of unbranched alkanes of at least 4 members (excludes halogenated alkanes) is 1. The van der Waals surface area contributed by atoms with E-state index in [1.807, 2.05) is 0 Å². The van der Waals surface area contributed by atoms with Crippen molar-refractivity contribution in [3.8, 4) is 0 Å². The topological polar surface area (TPSA) is 9.23 Å². The van der Waals surface area contributed by atoms with E-state index in [-0.39, 0.29) is 0 Å². The summed E-state index contributed by atoms with van der Waals surface area (Å²) in [5, 5.41) is 1.14. The number of hydrogen-bond acceptors (Lipinski definition) is 1. The fraction of sp³-hybridized carbons (Fsp3) is 1.00. The van der Waals surface area contributed by atoms with E-state index in [4.69, 9.17) is 4.74 Å². The molecule has 0 spiro atoms. The van der Waals surface area contributed by atoms with Crippen LogP contribution in [0.1, 0.15) is 65.2 Å². The lowest BCUT2D eigenvalue weighted by molar-refractivity contribution is 0.0292. The van der Waals surface area contributed by atoms with E-state index in [0.29, 0.717) is 11.5 Å². The second-order valence-corrected chi connectivity index (χ2v) is 7.06. The van der Waals surface area contributed by atoms with E-state index in [1.165, 1.54) is 51.4 Å². The molecule has 18 heavy (non-hydrogen) atoms. The lowest BCUT2D eigenvalue weighted by Crippen LogP contribution is -2.36. The van der Waals surface area contributed by atoms with Crippen molar-refractivity contribution < 1.29 is 4.74 Å². The number of halogens is 1. The number of hydrogen-bond donors (Lipinski definition) is 0. The molecule has 0 aromatic carbocycles. The molecule has 0 N–H and O–H groups in total. The van der Waals surface area contributed by atoms with E-state index in [9.17, 15) is 0 Å². The Hall–Kier alpha value is 0.440. The maximum absolute atomic E-state index is 6.10. The van der Waals surface area contributed by atoms with Gasteiger partial charge < -0.3 is 4.74 Å². The van der Waals surface area contributed by atoms with Crippen molar-refractivity contribution in [2.75, 3.05) is 11.9 Å². The van der Waals surface area contributed by atoms with Crippen molar-refractivity contribution in [1.29, 1.82) is 0 Å². The smallest absolute Gasteiger partial charge is 0.0668 e. The average Bonchev–Trinajstić information content (AvgIpc) is 3.16. The molecule has 1 heterocycles. The van der Waals surface area contributed by atoms with Gasteiger partial charge in [-0.25, -0.2) is 0 Å². The van der Waals surface area contributed by atoms with Crippen molar-refractivity contribution >= 4 is 15.9 Å². The van der Waals surface area contributed by atoms with Gasteiger partial charge in [0.25, 0.3) is 0 Å². The minimum Gasteiger partial charge on any atom is -0.377 e. The Balaban J connectivity index is 1.97. The van der Waals surface area contributed by atoms with Crippen LogP contribution in [0.5, 0.6) is 0 Å². The molecule has 3 unspecified atom stereocenters. The SMILES string of the molecule is CCCCC(CC)CC1(CBr)CCOC1C1CC1. The summed E-state index contributed by atoms with van der Waals surface area (Å²) in [6.07, 6.45) is 11.5. The van der Waals surface area contributed by atoms with Gasteiger partial charge in [0.1, 0.15) is 0 Å². The Labute approximate surface area is 121 Å². The maximum Gasteiger partial charge on any atom is 0.0668 e. The molecule has 0 aromatic rings. The minimum absolute atomic E-state index is 0.454. The van der Waals surface area contributed by atoms with E-state index in [2.05, 4.69) is 29.8 Å². The number of alkyl halides is 1. The maximum atomic E-state index is 6.10. The second-order valence-electron chi connectivity index (χ2n) is 6.50. The standard InChI is InChI=1S/C16H29BrO/c1-3-5-6-13(4-2)11-16(12-17)9-10-18-15(16)14-7-8-14/h13-15H,3-12H2,1-2H3. The zero-order valence-corrected chi connectivity index (χ0v) is 13.7. The highest BCUT2D eigenvalue weighted by Crippen LogP contribution is 2.52. The molecule has 1 aliphatic heterocycles. The van der Waals surface area contributed by atoms with Crippen LogP contribution in [0, 0.1) is 17.3 Å². The van der Waals surface area contributed by atoms with Gasteiger partial charge in [-0.1, -0.05) is 55.5 Å². The summed E-state index contributed by atoms with van der Waals surface area (Å²) < 4.78 is 6.10. The van der Waals surface area contributed by atoms with Gasteiger partial charge >= 0.3 is 0 Å². The molecular formula is C16H29BrO. The van der Waals surface area contributed by atoms with Crippen molar-refractivity contribution in [3.05, 3.63) is 0 Å². The molecule has 1 aliphatic carbocycles. The Morgan fingerprint density at radius 3 is 2.67 bits per heavy atom. The lowest BCUT2D eigenvalue weighted by Gasteiger charge is -2.36. The third-order valence-electron chi connectivity index (χ3n) is 5.06. The van der Waals surface area contributed by atoms with Crippen LogP contribution >= 0.6 is 15.9 Å². The summed E-state index contributed by atoms with van der Waals surface area (Å²) >= 11 is 3.82. The Bertz CT molecular complexity index is 251. The summed E-state index contributed by atoms with van der Waals surface area (Å²) in [4.78, 5) is 0. The summed E-state index contributed by atoms with van der Waals surface area (Å²) in [5.41, 5.74) is 0.454. The molecule has 2 aliphatic rings. The number of ether oxygens (including phenoxy) is 1. The minimum atomic E-state index is 0.454. The highest BCUT2D eigenvalue weighted by Gasteiger charge is 2.50. The van der Waals surface area contributed by atoms with Crippen LogP contribution in [0.15, 0.2) is 0 Å². The first kappa shape index (κ1) is 14.8. The predicted octanol–water partition coefficient (Wildman–Crippen LogP) is 5.17. The van der Waals surface area contributed by atoms with Gasteiger partial charge in [0.15, 0.2) is 0 Å². The third kappa shape index (κ3) is 3.30. The molecule has 0 bridgehead atoms. The summed E-state index contributed by atoms with van der Waals surface area (Å²) in [7, 11) is 0. The summed E-state index contributed by atoms with van der Waals surface area (Å²) in [5.74, 6) is 1.79. The van der Waals surface area contributed by atoms with E-state index >= 15 is 0 Å². The quantitative estimate of drug-likeness (QED) is 0.561. The number of rotatable bonds is 8. The van der Waals surface area contributed by atoms with Gasteiger partial charge in [-0.2, -0.15) is 0 Å². The molecule has 2 rings (SSSR count). The van der Waals surface area contributed by atoms with Crippen LogP contribution in [0.2, 0.25) is 0 Å². The van der Waals surface area contributed by atoms with Crippen LogP contribution in [-0.2, 0) is 4.74 Å². The van der Waals surface area contributed by atoms with Gasteiger partial charge in [-0.3, -0.25) is 0 Å². The van der Waals surface area contributed by atoms with Gasteiger partial charge in [-0.05, 0) is 37.5 Å². The largest absolute Gasteiger partial charge is 0.377 e. The van der Waals surface area contributed by atoms with Gasteiger partial charge in [0, 0.05) is 17.4 Å². The van der Waals surface area contributed by atoms with Crippen LogP contribution < -0.4 is 0 Å². The fourth-order valence-electron chi connectivity index (χ4n) is 3.68. The molecule has 1 saturated heterocycles. The molecule has 1 nitrogen and oxygen atoms in total. The van der Waals surface area contributed by atoms with Crippen LogP contribution in [0.3, 0.4) is 0 Å². The van der Waals surface area contributed by atoms with Crippen molar-refractivity contribution in [2.45, 2.75) is 71.3 Å². The predicted molar refractivity (Wildman–Crippen MR) is 81.2 cm³/mol. The van der Waals surface area contributed by atoms with E-state index in [0.717, 1.165) is 23.8 Å². The van der Waals surface area contributed by atoms with Gasteiger partial charge in [-0.15, -0.1) is 0 Å². The van der Waals surface area contributed by atoms with Gasteiger partial charge in [0.05, 0.1) is 6.10 Å². The molecular weight excluding hydrogens is 288 g/mol. The highest BCUT2D eigenvalue weighted by atomic mass is 79.9. The summed E-state index contributed by atoms with van der Waals surface area (Å²) in [6.45, 7) is 5.67.